The van der Waals surface area contributed by atoms with Gasteiger partial charge in [0.1, 0.15) is 5.82 Å². The Morgan fingerprint density at radius 3 is 2.75 bits per heavy atom. The van der Waals surface area contributed by atoms with Crippen LogP contribution >= 0.6 is 0 Å². The Kier molecular flexibility index (Phi) is 4.78. The second-order valence-electron chi connectivity index (χ2n) is 6.78. The molecule has 6 heteroatoms. The number of carbonyl (C=O) groups excluding carboxylic acids is 1. The molecule has 1 saturated carbocycles. The maximum atomic E-state index is 13.9. The number of halogens is 1. The van der Waals surface area contributed by atoms with Crippen molar-refractivity contribution in [2.24, 2.45) is 5.41 Å². The standard InChI is InChI=1S/C18H25FN2O3/c1-3-24-15-11-14(22)18(15)7-9-21(10-8-18)17(23)20-16-12(2)5-4-6-13(16)19/h4-6,14-15,22H,3,7-11H2,1-2H3,(H,20,23)/t14-,15-/m1/s1. The highest BCUT2D eigenvalue weighted by Gasteiger charge is 2.56. The molecule has 132 valence electrons. The van der Waals surface area contributed by atoms with Crippen molar-refractivity contribution >= 4 is 11.7 Å². The van der Waals surface area contributed by atoms with Crippen molar-refractivity contribution in [3.8, 4) is 0 Å². The van der Waals surface area contributed by atoms with Crippen molar-refractivity contribution in [2.75, 3.05) is 25.0 Å². The van der Waals surface area contributed by atoms with E-state index in [4.69, 9.17) is 4.74 Å². The van der Waals surface area contributed by atoms with Gasteiger partial charge in [-0.2, -0.15) is 0 Å². The number of carbonyl (C=O) groups is 1. The van der Waals surface area contributed by atoms with Crippen molar-refractivity contribution in [1.82, 2.24) is 4.90 Å². The Bertz CT molecular complexity index is 592. The molecule has 3 rings (SSSR count). The summed E-state index contributed by atoms with van der Waals surface area (Å²) in [6, 6.07) is 4.43. The van der Waals surface area contributed by atoms with E-state index < -0.39 is 5.82 Å². The number of para-hydroxylation sites is 1. The minimum atomic E-state index is -0.428. The maximum Gasteiger partial charge on any atom is 0.321 e. The van der Waals surface area contributed by atoms with E-state index in [1.165, 1.54) is 6.07 Å². The zero-order chi connectivity index (χ0) is 17.3. The summed E-state index contributed by atoms with van der Waals surface area (Å²) < 4.78 is 19.6. The molecule has 1 aliphatic carbocycles. The van der Waals surface area contributed by atoms with Gasteiger partial charge in [0.2, 0.25) is 0 Å². The molecule has 2 atom stereocenters. The molecule has 2 aliphatic rings. The summed E-state index contributed by atoms with van der Waals surface area (Å²) in [7, 11) is 0. The van der Waals surface area contributed by atoms with E-state index in [9.17, 15) is 14.3 Å². The van der Waals surface area contributed by atoms with E-state index in [2.05, 4.69) is 5.32 Å². The van der Waals surface area contributed by atoms with Crippen molar-refractivity contribution in [2.45, 2.75) is 45.3 Å². The van der Waals surface area contributed by atoms with Crippen molar-refractivity contribution in [1.29, 1.82) is 0 Å². The molecule has 0 aromatic heterocycles. The first kappa shape index (κ1) is 17.2. The summed E-state index contributed by atoms with van der Waals surface area (Å²) >= 11 is 0. The molecule has 1 aromatic carbocycles. The summed E-state index contributed by atoms with van der Waals surface area (Å²) in [6.45, 7) is 5.44. The summed E-state index contributed by atoms with van der Waals surface area (Å²) in [4.78, 5) is 14.1. The van der Waals surface area contributed by atoms with Gasteiger partial charge in [-0.15, -0.1) is 0 Å². The lowest BCUT2D eigenvalue weighted by Crippen LogP contribution is -2.63. The largest absolute Gasteiger partial charge is 0.392 e. The van der Waals surface area contributed by atoms with Crippen LogP contribution < -0.4 is 5.32 Å². The van der Waals surface area contributed by atoms with Gasteiger partial charge >= 0.3 is 6.03 Å². The molecule has 1 saturated heterocycles. The number of ether oxygens (including phenoxy) is 1. The van der Waals surface area contributed by atoms with Gasteiger partial charge in [-0.25, -0.2) is 9.18 Å². The summed E-state index contributed by atoms with van der Waals surface area (Å²) in [5.41, 5.74) is 0.710. The third-order valence-corrected chi connectivity index (χ3v) is 5.55. The Morgan fingerprint density at radius 2 is 2.17 bits per heavy atom. The third-order valence-electron chi connectivity index (χ3n) is 5.55. The second-order valence-corrected chi connectivity index (χ2v) is 6.78. The fourth-order valence-corrected chi connectivity index (χ4v) is 3.92. The number of amides is 2. The number of piperidine rings is 1. The predicted molar refractivity (Wildman–Crippen MR) is 89.4 cm³/mol. The number of nitrogens with one attached hydrogen (secondary N) is 1. The fraction of sp³-hybridized carbons (Fsp3) is 0.611. The minimum Gasteiger partial charge on any atom is -0.392 e. The normalized spacial score (nSPS) is 25.4. The molecule has 1 aromatic rings. The van der Waals surface area contributed by atoms with E-state index in [0.717, 1.165) is 0 Å². The molecule has 2 amide bonds. The van der Waals surface area contributed by atoms with Gasteiger partial charge in [-0.3, -0.25) is 0 Å². The van der Waals surface area contributed by atoms with Crippen LogP contribution in [0.2, 0.25) is 0 Å². The number of hydrogen-bond acceptors (Lipinski definition) is 3. The number of hydrogen-bond donors (Lipinski definition) is 2. The number of aryl methyl sites for hydroxylation is 1. The van der Waals surface area contributed by atoms with Crippen LogP contribution in [0.25, 0.3) is 0 Å². The Labute approximate surface area is 141 Å². The lowest BCUT2D eigenvalue weighted by atomic mass is 9.58. The van der Waals surface area contributed by atoms with Crippen LogP contribution in [-0.2, 0) is 4.74 Å². The van der Waals surface area contributed by atoms with Crippen LogP contribution in [0, 0.1) is 18.2 Å². The Balaban J connectivity index is 1.61. The van der Waals surface area contributed by atoms with E-state index in [0.29, 0.717) is 44.5 Å². The molecule has 2 N–H and O–H groups in total. The molecule has 5 nitrogen and oxygen atoms in total. The number of benzene rings is 1. The molecule has 0 radical (unpaired) electrons. The molecule has 1 spiro atoms. The van der Waals surface area contributed by atoms with E-state index in [1.807, 2.05) is 6.92 Å². The van der Waals surface area contributed by atoms with Crippen LogP contribution in [0.1, 0.15) is 31.7 Å². The number of anilines is 1. The number of rotatable bonds is 3. The summed E-state index contributed by atoms with van der Waals surface area (Å²) in [5.74, 6) is -0.428. The summed E-state index contributed by atoms with van der Waals surface area (Å²) in [5, 5.41) is 12.9. The fourth-order valence-electron chi connectivity index (χ4n) is 3.92. The molecule has 0 unspecified atom stereocenters. The number of likely N-dealkylation sites (tertiary alicyclic amines) is 1. The first-order chi connectivity index (χ1) is 11.5. The first-order valence-corrected chi connectivity index (χ1v) is 8.58. The third kappa shape index (κ3) is 2.89. The Hall–Kier alpha value is -1.66. The molecular formula is C18H25FN2O3. The van der Waals surface area contributed by atoms with E-state index in [-0.39, 0.29) is 29.3 Å². The van der Waals surface area contributed by atoms with E-state index in [1.54, 1.807) is 24.0 Å². The predicted octanol–water partition coefficient (Wildman–Crippen LogP) is 2.92. The Morgan fingerprint density at radius 1 is 1.46 bits per heavy atom. The highest BCUT2D eigenvalue weighted by Crippen LogP contribution is 2.50. The lowest BCUT2D eigenvalue weighted by Gasteiger charge is -2.56. The average molecular weight is 336 g/mol. The minimum absolute atomic E-state index is 0.0801. The number of nitrogens with zero attached hydrogens (tertiary/aromatic N) is 1. The van der Waals surface area contributed by atoms with Gasteiger partial charge in [-0.1, -0.05) is 12.1 Å². The van der Waals surface area contributed by atoms with E-state index >= 15 is 0 Å². The molecule has 2 fully saturated rings. The smallest absolute Gasteiger partial charge is 0.321 e. The van der Waals surface area contributed by atoms with Gasteiger partial charge in [0, 0.05) is 31.5 Å². The van der Waals surface area contributed by atoms with Crippen LogP contribution in [0.3, 0.4) is 0 Å². The molecule has 1 heterocycles. The van der Waals surface area contributed by atoms with Crippen LogP contribution in [0.4, 0.5) is 14.9 Å². The molecular weight excluding hydrogens is 311 g/mol. The highest BCUT2D eigenvalue weighted by molar-refractivity contribution is 5.90. The van der Waals surface area contributed by atoms with Crippen LogP contribution in [0.5, 0.6) is 0 Å². The van der Waals surface area contributed by atoms with Gasteiger partial charge in [-0.05, 0) is 38.3 Å². The zero-order valence-corrected chi connectivity index (χ0v) is 14.2. The first-order valence-electron chi connectivity index (χ1n) is 8.58. The quantitative estimate of drug-likeness (QED) is 0.892. The van der Waals surface area contributed by atoms with Crippen LogP contribution in [-0.4, -0.2) is 47.9 Å². The SMILES string of the molecule is CCO[C@@H]1C[C@@H](O)C12CCN(C(=O)Nc1c(C)cccc1F)CC2. The lowest BCUT2D eigenvalue weighted by molar-refractivity contribution is -0.207. The monoisotopic (exact) mass is 336 g/mol. The van der Waals surface area contributed by atoms with Gasteiger partial charge in [0.15, 0.2) is 0 Å². The van der Waals surface area contributed by atoms with Crippen LogP contribution in [0.15, 0.2) is 18.2 Å². The summed E-state index contributed by atoms with van der Waals surface area (Å²) in [6.07, 6.45) is 1.82. The molecule has 1 aliphatic heterocycles. The van der Waals surface area contributed by atoms with Crippen molar-refractivity contribution in [3.05, 3.63) is 29.6 Å². The number of aliphatic hydroxyl groups is 1. The number of urea groups is 1. The second kappa shape index (κ2) is 6.69. The van der Waals surface area contributed by atoms with Crippen molar-refractivity contribution in [3.63, 3.8) is 0 Å². The molecule has 24 heavy (non-hydrogen) atoms. The van der Waals surface area contributed by atoms with Gasteiger partial charge in [0.25, 0.3) is 0 Å². The maximum absolute atomic E-state index is 13.9. The zero-order valence-electron chi connectivity index (χ0n) is 14.2. The highest BCUT2D eigenvalue weighted by atomic mass is 19.1. The average Bonchev–Trinajstić information content (AvgIpc) is 2.58. The van der Waals surface area contributed by atoms with Gasteiger partial charge < -0.3 is 20.1 Å². The topological polar surface area (TPSA) is 61.8 Å². The van der Waals surface area contributed by atoms with Crippen molar-refractivity contribution < 1.29 is 19.0 Å². The van der Waals surface area contributed by atoms with Gasteiger partial charge in [0.05, 0.1) is 17.9 Å². The number of aliphatic hydroxyl groups excluding tert-OH is 1. The molecule has 0 bridgehead atoms.